The summed E-state index contributed by atoms with van der Waals surface area (Å²) in [5.41, 5.74) is 7.67. The Morgan fingerprint density at radius 3 is 2.39 bits per heavy atom. The molecule has 0 saturated heterocycles. The average Bonchev–Trinajstić information content (AvgIpc) is 2.84. The van der Waals surface area contributed by atoms with E-state index in [2.05, 4.69) is 10.3 Å². The first-order valence-electron chi connectivity index (χ1n) is 13.0. The maximum Gasteiger partial charge on any atom is 0.230 e. The van der Waals surface area contributed by atoms with Gasteiger partial charge in [0.15, 0.2) is 0 Å². The van der Waals surface area contributed by atoms with E-state index in [0.717, 1.165) is 43.2 Å². The number of Topliss-reactive ketones (excluding diaryl/α,β-unsaturated/α-hetero) is 1. The SMILES string of the molecule is CC(C)(C(=O)NCC(N)C1C2CC3CC1CC(C(=O)Cc1ccncc1)(C3)C2)c1ccc(Cl)c(Cl)c1. The van der Waals surface area contributed by atoms with Crippen molar-refractivity contribution in [2.24, 2.45) is 34.8 Å². The lowest BCUT2D eigenvalue weighted by molar-refractivity contribution is -0.151. The number of nitrogens with zero attached hydrogens (tertiary/aromatic N) is 1. The van der Waals surface area contributed by atoms with Crippen molar-refractivity contribution in [2.45, 2.75) is 63.8 Å². The summed E-state index contributed by atoms with van der Waals surface area (Å²) >= 11 is 12.2. The fourth-order valence-electron chi connectivity index (χ4n) is 7.56. The number of nitrogens with two attached hydrogens (primary N) is 1. The number of aromatic nitrogens is 1. The zero-order valence-electron chi connectivity index (χ0n) is 21.0. The summed E-state index contributed by atoms with van der Waals surface area (Å²) in [5.74, 6) is 2.17. The van der Waals surface area contributed by atoms with Crippen LogP contribution in [0.3, 0.4) is 0 Å². The molecule has 4 aliphatic carbocycles. The second-order valence-corrected chi connectivity index (χ2v) is 12.7. The Labute approximate surface area is 223 Å². The summed E-state index contributed by atoms with van der Waals surface area (Å²) in [4.78, 5) is 30.8. The molecule has 1 heterocycles. The highest BCUT2D eigenvalue weighted by Gasteiger charge is 2.58. The number of hydrogen-bond donors (Lipinski definition) is 2. The number of benzene rings is 1. The maximum atomic E-state index is 13.5. The molecule has 2 aromatic rings. The van der Waals surface area contributed by atoms with Gasteiger partial charge in [0.1, 0.15) is 5.78 Å². The molecule has 0 aliphatic heterocycles. The van der Waals surface area contributed by atoms with Gasteiger partial charge in [0.25, 0.3) is 0 Å². The Bertz CT molecular complexity index is 1140. The van der Waals surface area contributed by atoms with Gasteiger partial charge in [-0.15, -0.1) is 0 Å². The van der Waals surface area contributed by atoms with Gasteiger partial charge in [0, 0.05) is 36.8 Å². The van der Waals surface area contributed by atoms with E-state index in [-0.39, 0.29) is 17.4 Å². The third-order valence-electron chi connectivity index (χ3n) is 9.25. The minimum atomic E-state index is -0.762. The molecule has 4 bridgehead atoms. The molecule has 7 heteroatoms. The monoisotopic (exact) mass is 527 g/mol. The lowest BCUT2D eigenvalue weighted by Gasteiger charge is -2.60. The van der Waals surface area contributed by atoms with Crippen molar-refractivity contribution in [1.82, 2.24) is 10.3 Å². The molecule has 6 rings (SSSR count). The molecule has 4 aliphatic rings. The van der Waals surface area contributed by atoms with Gasteiger partial charge >= 0.3 is 0 Å². The lowest BCUT2D eigenvalue weighted by atomic mass is 9.44. The molecule has 3 unspecified atom stereocenters. The molecule has 1 aromatic carbocycles. The average molecular weight is 529 g/mol. The molecule has 1 amide bonds. The van der Waals surface area contributed by atoms with Crippen LogP contribution in [0.25, 0.3) is 0 Å². The Hall–Kier alpha value is -1.95. The molecule has 3 atom stereocenters. The van der Waals surface area contributed by atoms with Crippen molar-refractivity contribution >= 4 is 34.9 Å². The van der Waals surface area contributed by atoms with E-state index in [1.807, 2.05) is 32.0 Å². The summed E-state index contributed by atoms with van der Waals surface area (Å²) in [6.45, 7) is 4.20. The molecule has 4 fully saturated rings. The number of carbonyl (C=O) groups excluding carboxylic acids is 2. The fraction of sp³-hybridized carbons (Fsp3) is 0.552. The first-order chi connectivity index (χ1) is 17.1. The molecule has 3 N–H and O–H groups in total. The standard InChI is InChI=1S/C29H35Cl2N3O2/c1-28(2,21-3-4-22(30)23(31)12-21)27(36)34-16-24(32)26-19-9-18-10-20(26)15-29(13-18,14-19)25(35)11-17-5-7-33-8-6-17/h3-8,12,18-20,24,26H,9-11,13-16,32H2,1-2H3,(H,34,36). The minimum absolute atomic E-state index is 0.0795. The summed E-state index contributed by atoms with van der Waals surface area (Å²) in [6.07, 6.45) is 9.22. The van der Waals surface area contributed by atoms with E-state index >= 15 is 0 Å². The van der Waals surface area contributed by atoms with E-state index in [0.29, 0.717) is 52.5 Å². The van der Waals surface area contributed by atoms with Gasteiger partial charge < -0.3 is 11.1 Å². The van der Waals surface area contributed by atoms with Crippen molar-refractivity contribution in [2.75, 3.05) is 6.54 Å². The topological polar surface area (TPSA) is 85.1 Å². The Balaban J connectivity index is 1.23. The van der Waals surface area contributed by atoms with Crippen LogP contribution in [0.5, 0.6) is 0 Å². The first-order valence-corrected chi connectivity index (χ1v) is 13.8. The van der Waals surface area contributed by atoms with Crippen LogP contribution >= 0.6 is 23.2 Å². The van der Waals surface area contributed by atoms with Crippen molar-refractivity contribution in [3.8, 4) is 0 Å². The van der Waals surface area contributed by atoms with Crippen LogP contribution in [0, 0.1) is 29.1 Å². The highest BCUT2D eigenvalue weighted by molar-refractivity contribution is 6.42. The molecule has 1 aromatic heterocycles. The van der Waals surface area contributed by atoms with Crippen LogP contribution in [-0.4, -0.2) is 29.3 Å². The normalized spacial score (nSPS) is 29.7. The van der Waals surface area contributed by atoms with Crippen LogP contribution in [-0.2, 0) is 21.4 Å². The third kappa shape index (κ3) is 4.70. The van der Waals surface area contributed by atoms with Crippen LogP contribution in [0.15, 0.2) is 42.7 Å². The lowest BCUT2D eigenvalue weighted by Crippen LogP contribution is -2.60. The number of hydrogen-bond acceptors (Lipinski definition) is 4. The van der Waals surface area contributed by atoms with Gasteiger partial charge in [0.2, 0.25) is 5.91 Å². The number of nitrogens with one attached hydrogen (secondary N) is 1. The summed E-state index contributed by atoms with van der Waals surface area (Å²) in [7, 11) is 0. The molecule has 0 spiro atoms. The van der Waals surface area contributed by atoms with E-state index in [4.69, 9.17) is 28.9 Å². The Morgan fingerprint density at radius 1 is 1.08 bits per heavy atom. The predicted molar refractivity (Wildman–Crippen MR) is 143 cm³/mol. The summed E-state index contributed by atoms with van der Waals surface area (Å²) < 4.78 is 0. The molecule has 4 saturated carbocycles. The summed E-state index contributed by atoms with van der Waals surface area (Å²) in [5, 5.41) is 4.02. The van der Waals surface area contributed by atoms with Crippen LogP contribution < -0.4 is 11.1 Å². The highest BCUT2D eigenvalue weighted by atomic mass is 35.5. The second kappa shape index (κ2) is 9.74. The van der Waals surface area contributed by atoms with Crippen molar-refractivity contribution in [3.63, 3.8) is 0 Å². The van der Waals surface area contributed by atoms with Crippen molar-refractivity contribution < 1.29 is 9.59 Å². The maximum absolute atomic E-state index is 13.5. The Kier molecular flexibility index (Phi) is 6.95. The van der Waals surface area contributed by atoms with Crippen molar-refractivity contribution in [1.29, 1.82) is 0 Å². The van der Waals surface area contributed by atoms with Gasteiger partial charge in [0.05, 0.1) is 15.5 Å². The third-order valence-corrected chi connectivity index (χ3v) is 9.99. The van der Waals surface area contributed by atoms with Crippen LogP contribution in [0.1, 0.15) is 57.1 Å². The van der Waals surface area contributed by atoms with Gasteiger partial charge in [-0.25, -0.2) is 0 Å². The van der Waals surface area contributed by atoms with Gasteiger partial charge in [-0.1, -0.05) is 29.3 Å². The molecule has 5 nitrogen and oxygen atoms in total. The quantitative estimate of drug-likeness (QED) is 0.483. The van der Waals surface area contributed by atoms with Crippen LogP contribution in [0.4, 0.5) is 0 Å². The molecule has 192 valence electrons. The molecule has 0 radical (unpaired) electrons. The minimum Gasteiger partial charge on any atom is -0.354 e. The highest BCUT2D eigenvalue weighted by Crippen LogP contribution is 2.63. The number of amides is 1. The number of ketones is 1. The zero-order chi connectivity index (χ0) is 25.7. The van der Waals surface area contributed by atoms with Crippen LogP contribution in [0.2, 0.25) is 10.0 Å². The fourth-order valence-corrected chi connectivity index (χ4v) is 7.86. The first kappa shape index (κ1) is 25.7. The van der Waals surface area contributed by atoms with Gasteiger partial charge in [-0.3, -0.25) is 14.6 Å². The Morgan fingerprint density at radius 2 is 1.75 bits per heavy atom. The summed E-state index contributed by atoms with van der Waals surface area (Å²) in [6, 6.07) is 9.08. The molecular formula is C29H35Cl2N3O2. The number of rotatable bonds is 8. The second-order valence-electron chi connectivity index (χ2n) is 11.9. The van der Waals surface area contributed by atoms with Gasteiger partial charge in [-0.05, 0) is 105 Å². The zero-order valence-corrected chi connectivity index (χ0v) is 22.5. The predicted octanol–water partition coefficient (Wildman–Crippen LogP) is 5.36. The van der Waals surface area contributed by atoms with E-state index < -0.39 is 5.41 Å². The number of halogens is 2. The van der Waals surface area contributed by atoms with E-state index in [1.54, 1.807) is 24.5 Å². The smallest absolute Gasteiger partial charge is 0.230 e. The number of pyridine rings is 1. The number of carbonyl (C=O) groups is 2. The molecule has 36 heavy (non-hydrogen) atoms. The van der Waals surface area contributed by atoms with E-state index in [1.165, 1.54) is 0 Å². The van der Waals surface area contributed by atoms with Crippen molar-refractivity contribution in [3.05, 3.63) is 63.9 Å². The van der Waals surface area contributed by atoms with E-state index in [9.17, 15) is 9.59 Å². The van der Waals surface area contributed by atoms with Gasteiger partial charge in [-0.2, -0.15) is 0 Å². The largest absolute Gasteiger partial charge is 0.354 e. The molecular weight excluding hydrogens is 493 g/mol.